The van der Waals surface area contributed by atoms with Gasteiger partial charge in [0.2, 0.25) is 0 Å². The standard InChI is InChI=1S/C25H26FNO/c1-2-5-20(27-15-14-21(28)17-27)12-8-18-9-13-24(25(26)16-18)23-7-4-3-6-22(23)19-10-11-19/h3-7,9,13,16,19,21,28H,2,10-11,14-15,17H2,1H3. The summed E-state index contributed by atoms with van der Waals surface area (Å²) in [4.78, 5) is 2.11. The predicted molar refractivity (Wildman–Crippen MR) is 111 cm³/mol. The summed E-state index contributed by atoms with van der Waals surface area (Å²) in [7, 11) is 0. The summed E-state index contributed by atoms with van der Waals surface area (Å²) in [5, 5.41) is 9.78. The number of β-amino-alcohol motifs (C(OH)–C–C–N with tert-alkyl or cyclic N) is 1. The van der Waals surface area contributed by atoms with E-state index in [1.165, 1.54) is 24.5 Å². The van der Waals surface area contributed by atoms with Gasteiger partial charge in [0.25, 0.3) is 0 Å². The minimum atomic E-state index is -0.287. The van der Waals surface area contributed by atoms with Crippen molar-refractivity contribution >= 4 is 0 Å². The molecule has 1 atom stereocenters. The molecule has 0 bridgehead atoms. The second-order valence-corrected chi connectivity index (χ2v) is 7.69. The van der Waals surface area contributed by atoms with Crippen LogP contribution in [-0.4, -0.2) is 29.2 Å². The van der Waals surface area contributed by atoms with Crippen LogP contribution in [0.3, 0.4) is 0 Å². The first kappa shape index (κ1) is 18.8. The molecule has 0 radical (unpaired) electrons. The van der Waals surface area contributed by atoms with E-state index in [0.29, 0.717) is 23.6 Å². The molecular weight excluding hydrogens is 349 g/mol. The summed E-state index contributed by atoms with van der Waals surface area (Å²) in [6.45, 7) is 3.50. The molecule has 1 N–H and O–H groups in total. The van der Waals surface area contributed by atoms with E-state index < -0.39 is 0 Å². The SMILES string of the molecule is CCC=C(C#Cc1ccc(-c2ccccc2C2CC2)c(F)c1)N1CCC(O)C1. The van der Waals surface area contributed by atoms with Gasteiger partial charge in [-0.25, -0.2) is 4.39 Å². The van der Waals surface area contributed by atoms with Gasteiger partial charge >= 0.3 is 0 Å². The molecule has 2 nitrogen and oxygen atoms in total. The average Bonchev–Trinajstić information content (AvgIpc) is 3.46. The molecule has 2 aromatic carbocycles. The number of hydrogen-bond acceptors (Lipinski definition) is 2. The van der Waals surface area contributed by atoms with Crippen LogP contribution in [0, 0.1) is 17.7 Å². The van der Waals surface area contributed by atoms with Gasteiger partial charge in [-0.15, -0.1) is 0 Å². The molecular formula is C25H26FNO. The molecule has 4 rings (SSSR count). The van der Waals surface area contributed by atoms with Gasteiger partial charge in [0, 0.05) is 24.2 Å². The topological polar surface area (TPSA) is 23.5 Å². The van der Waals surface area contributed by atoms with Crippen LogP contribution >= 0.6 is 0 Å². The van der Waals surface area contributed by atoms with E-state index in [-0.39, 0.29) is 11.9 Å². The summed E-state index contributed by atoms with van der Waals surface area (Å²) in [5.74, 6) is 6.65. The number of allylic oxidation sites excluding steroid dienone is 2. The maximum Gasteiger partial charge on any atom is 0.132 e. The van der Waals surface area contributed by atoms with Crippen LogP contribution in [0.1, 0.15) is 49.7 Å². The van der Waals surface area contributed by atoms with Crippen molar-refractivity contribution in [1.82, 2.24) is 4.90 Å². The number of nitrogens with zero attached hydrogens (tertiary/aromatic N) is 1. The van der Waals surface area contributed by atoms with Crippen molar-refractivity contribution in [2.45, 2.75) is 44.6 Å². The van der Waals surface area contributed by atoms with E-state index >= 15 is 0 Å². The van der Waals surface area contributed by atoms with Crippen molar-refractivity contribution in [3.8, 4) is 23.0 Å². The van der Waals surface area contributed by atoms with Gasteiger partial charge in [0.15, 0.2) is 0 Å². The summed E-state index contributed by atoms with van der Waals surface area (Å²) >= 11 is 0. The van der Waals surface area contributed by atoms with E-state index in [4.69, 9.17) is 0 Å². The Morgan fingerprint density at radius 3 is 2.68 bits per heavy atom. The van der Waals surface area contributed by atoms with E-state index in [0.717, 1.165) is 30.6 Å². The molecule has 2 aromatic rings. The lowest BCUT2D eigenvalue weighted by Gasteiger charge is -2.17. The van der Waals surface area contributed by atoms with Crippen LogP contribution in [0.25, 0.3) is 11.1 Å². The zero-order valence-corrected chi connectivity index (χ0v) is 16.3. The van der Waals surface area contributed by atoms with Crippen LogP contribution in [0.2, 0.25) is 0 Å². The molecule has 1 unspecified atom stereocenters. The van der Waals surface area contributed by atoms with E-state index in [2.05, 4.69) is 35.8 Å². The predicted octanol–water partition coefficient (Wildman–Crippen LogP) is 5.08. The Morgan fingerprint density at radius 2 is 2.00 bits per heavy atom. The number of aliphatic hydroxyl groups is 1. The Morgan fingerprint density at radius 1 is 1.18 bits per heavy atom. The van der Waals surface area contributed by atoms with Crippen LogP contribution in [0.5, 0.6) is 0 Å². The number of benzene rings is 2. The average molecular weight is 375 g/mol. The molecule has 1 saturated carbocycles. The quantitative estimate of drug-likeness (QED) is 0.753. The van der Waals surface area contributed by atoms with Crippen LogP contribution in [-0.2, 0) is 0 Å². The molecule has 1 saturated heterocycles. The van der Waals surface area contributed by atoms with E-state index in [1.807, 2.05) is 30.3 Å². The van der Waals surface area contributed by atoms with Crippen molar-refractivity contribution in [2.75, 3.05) is 13.1 Å². The number of aliphatic hydroxyl groups excluding tert-OH is 1. The Bertz CT molecular complexity index is 949. The normalized spacial score (nSPS) is 19.5. The lowest BCUT2D eigenvalue weighted by atomic mass is 9.95. The molecule has 2 fully saturated rings. The molecule has 1 heterocycles. The molecule has 144 valence electrons. The summed E-state index contributed by atoms with van der Waals surface area (Å²) in [6, 6.07) is 13.4. The second-order valence-electron chi connectivity index (χ2n) is 7.69. The van der Waals surface area contributed by atoms with Gasteiger partial charge in [-0.05, 0) is 60.8 Å². The fraction of sp³-hybridized carbons (Fsp3) is 0.360. The zero-order chi connectivity index (χ0) is 19.5. The molecule has 0 spiro atoms. The number of rotatable bonds is 4. The maximum atomic E-state index is 14.9. The zero-order valence-electron chi connectivity index (χ0n) is 16.3. The molecule has 1 aliphatic heterocycles. The lowest BCUT2D eigenvalue weighted by molar-refractivity contribution is 0.184. The Hall–Kier alpha value is -2.57. The Labute approximate surface area is 166 Å². The van der Waals surface area contributed by atoms with Gasteiger partial charge in [-0.3, -0.25) is 0 Å². The first-order valence-corrected chi connectivity index (χ1v) is 10.2. The fourth-order valence-corrected chi connectivity index (χ4v) is 3.85. The maximum absolute atomic E-state index is 14.9. The smallest absolute Gasteiger partial charge is 0.132 e. The first-order valence-electron chi connectivity index (χ1n) is 10.2. The van der Waals surface area contributed by atoms with E-state index in [9.17, 15) is 9.50 Å². The minimum absolute atomic E-state index is 0.225. The third-order valence-corrected chi connectivity index (χ3v) is 5.47. The van der Waals surface area contributed by atoms with Gasteiger partial charge in [0.05, 0.1) is 11.8 Å². The molecule has 0 aromatic heterocycles. The van der Waals surface area contributed by atoms with Gasteiger partial charge in [-0.1, -0.05) is 49.3 Å². The summed E-state index contributed by atoms with van der Waals surface area (Å²) < 4.78 is 14.9. The van der Waals surface area contributed by atoms with Crippen molar-refractivity contribution in [1.29, 1.82) is 0 Å². The lowest BCUT2D eigenvalue weighted by Crippen LogP contribution is -2.20. The summed E-state index contributed by atoms with van der Waals surface area (Å²) in [5.41, 5.74) is 4.50. The number of likely N-dealkylation sites (tertiary alicyclic amines) is 1. The highest BCUT2D eigenvalue weighted by molar-refractivity contribution is 5.70. The van der Waals surface area contributed by atoms with Crippen molar-refractivity contribution in [3.63, 3.8) is 0 Å². The molecule has 1 aliphatic carbocycles. The number of halogens is 1. The summed E-state index contributed by atoms with van der Waals surface area (Å²) in [6.07, 6.45) is 5.82. The highest BCUT2D eigenvalue weighted by Crippen LogP contribution is 2.44. The monoisotopic (exact) mass is 375 g/mol. The van der Waals surface area contributed by atoms with Crippen LogP contribution in [0.4, 0.5) is 4.39 Å². The molecule has 28 heavy (non-hydrogen) atoms. The highest BCUT2D eigenvalue weighted by atomic mass is 19.1. The molecule has 3 heteroatoms. The number of hydrogen-bond donors (Lipinski definition) is 1. The Kier molecular flexibility index (Phi) is 5.50. The molecule has 0 amide bonds. The Balaban J connectivity index is 1.59. The minimum Gasteiger partial charge on any atom is -0.391 e. The van der Waals surface area contributed by atoms with Gasteiger partial charge < -0.3 is 10.0 Å². The second kappa shape index (κ2) is 8.20. The third kappa shape index (κ3) is 4.13. The highest BCUT2D eigenvalue weighted by Gasteiger charge is 2.26. The van der Waals surface area contributed by atoms with Crippen LogP contribution in [0.15, 0.2) is 54.2 Å². The van der Waals surface area contributed by atoms with Crippen LogP contribution < -0.4 is 0 Å². The largest absolute Gasteiger partial charge is 0.391 e. The van der Waals surface area contributed by atoms with Gasteiger partial charge in [-0.2, -0.15) is 0 Å². The first-order chi connectivity index (χ1) is 13.7. The molecule has 2 aliphatic rings. The van der Waals surface area contributed by atoms with Gasteiger partial charge in [0.1, 0.15) is 5.82 Å². The van der Waals surface area contributed by atoms with E-state index in [1.54, 1.807) is 0 Å². The third-order valence-electron chi connectivity index (χ3n) is 5.47. The van der Waals surface area contributed by atoms with Crippen molar-refractivity contribution in [2.24, 2.45) is 0 Å². The van der Waals surface area contributed by atoms with Crippen molar-refractivity contribution in [3.05, 3.63) is 71.2 Å². The fourth-order valence-electron chi connectivity index (χ4n) is 3.85. The van der Waals surface area contributed by atoms with Crippen molar-refractivity contribution < 1.29 is 9.50 Å².